The second-order valence-corrected chi connectivity index (χ2v) is 4.02. The van der Waals surface area contributed by atoms with Gasteiger partial charge in [-0.3, -0.25) is 4.79 Å². The molecule has 0 saturated carbocycles. The Kier molecular flexibility index (Phi) is 4.98. The highest BCUT2D eigenvalue weighted by Gasteiger charge is 2.06. The molecule has 0 saturated heterocycles. The van der Waals surface area contributed by atoms with Crippen LogP contribution in [0.15, 0.2) is 46.1 Å². The summed E-state index contributed by atoms with van der Waals surface area (Å²) in [7, 11) is 1.57. The van der Waals surface area contributed by atoms with Gasteiger partial charge >= 0.3 is 5.91 Å². The molecule has 6 nitrogen and oxygen atoms in total. The van der Waals surface area contributed by atoms with Crippen molar-refractivity contribution < 1.29 is 18.7 Å². The number of nitrogens with one attached hydrogen (secondary N) is 1. The van der Waals surface area contributed by atoms with Crippen LogP contribution in [0.5, 0.6) is 11.5 Å². The predicted molar refractivity (Wildman–Crippen MR) is 77.9 cm³/mol. The molecule has 6 heteroatoms. The van der Waals surface area contributed by atoms with Crippen molar-refractivity contribution in [2.24, 2.45) is 5.10 Å². The first kappa shape index (κ1) is 14.6. The average Bonchev–Trinajstić information content (AvgIpc) is 3.03. The zero-order valence-corrected chi connectivity index (χ0v) is 11.8. The minimum atomic E-state index is -0.408. The first-order valence-electron chi connectivity index (χ1n) is 6.42. The van der Waals surface area contributed by atoms with Gasteiger partial charge in [0.1, 0.15) is 0 Å². The van der Waals surface area contributed by atoms with Gasteiger partial charge in [-0.05, 0) is 42.8 Å². The largest absolute Gasteiger partial charge is 0.493 e. The van der Waals surface area contributed by atoms with Crippen LogP contribution < -0.4 is 14.9 Å². The molecular formula is C15H16N2O4. The Hall–Kier alpha value is -2.76. The van der Waals surface area contributed by atoms with Crippen LogP contribution in [-0.4, -0.2) is 25.8 Å². The van der Waals surface area contributed by atoms with Crippen molar-refractivity contribution in [2.45, 2.75) is 6.92 Å². The fraction of sp³-hybridized carbons (Fsp3) is 0.200. The van der Waals surface area contributed by atoms with Gasteiger partial charge in [-0.25, -0.2) is 5.43 Å². The summed E-state index contributed by atoms with van der Waals surface area (Å²) < 4.78 is 15.6. The summed E-state index contributed by atoms with van der Waals surface area (Å²) in [6.45, 7) is 2.46. The topological polar surface area (TPSA) is 73.1 Å². The minimum absolute atomic E-state index is 0.205. The summed E-state index contributed by atoms with van der Waals surface area (Å²) in [5.74, 6) is 1.07. The third-order valence-corrected chi connectivity index (χ3v) is 2.61. The van der Waals surface area contributed by atoms with Gasteiger partial charge in [-0.2, -0.15) is 5.10 Å². The van der Waals surface area contributed by atoms with Crippen molar-refractivity contribution in [1.29, 1.82) is 0 Å². The fourth-order valence-electron chi connectivity index (χ4n) is 1.67. The van der Waals surface area contributed by atoms with E-state index < -0.39 is 5.91 Å². The van der Waals surface area contributed by atoms with Gasteiger partial charge in [0.25, 0.3) is 0 Å². The van der Waals surface area contributed by atoms with Crippen molar-refractivity contribution in [3.8, 4) is 11.5 Å². The first-order valence-corrected chi connectivity index (χ1v) is 6.42. The maximum atomic E-state index is 11.6. The smallest absolute Gasteiger partial charge is 0.307 e. The Balaban J connectivity index is 2.02. The molecule has 0 atom stereocenters. The van der Waals surface area contributed by atoms with Gasteiger partial charge in [0.15, 0.2) is 17.3 Å². The number of rotatable bonds is 6. The van der Waals surface area contributed by atoms with E-state index in [-0.39, 0.29) is 5.76 Å². The zero-order valence-electron chi connectivity index (χ0n) is 11.8. The lowest BCUT2D eigenvalue weighted by Crippen LogP contribution is -2.16. The summed E-state index contributed by atoms with van der Waals surface area (Å²) in [4.78, 5) is 11.6. The molecule has 0 aliphatic heterocycles. The fourth-order valence-corrected chi connectivity index (χ4v) is 1.67. The number of methoxy groups -OCH3 is 1. The Morgan fingerprint density at radius 3 is 2.90 bits per heavy atom. The van der Waals surface area contributed by atoms with Crippen molar-refractivity contribution in [3.05, 3.63) is 47.9 Å². The van der Waals surface area contributed by atoms with Gasteiger partial charge in [-0.1, -0.05) is 0 Å². The molecule has 0 radical (unpaired) electrons. The van der Waals surface area contributed by atoms with Crippen molar-refractivity contribution >= 4 is 12.1 Å². The van der Waals surface area contributed by atoms with E-state index >= 15 is 0 Å². The van der Waals surface area contributed by atoms with Crippen LogP contribution in [0.2, 0.25) is 0 Å². The number of amides is 1. The molecule has 2 rings (SSSR count). The van der Waals surface area contributed by atoms with E-state index in [4.69, 9.17) is 13.9 Å². The van der Waals surface area contributed by atoms with E-state index in [1.165, 1.54) is 12.5 Å². The van der Waals surface area contributed by atoms with Crippen LogP contribution in [-0.2, 0) is 0 Å². The third-order valence-electron chi connectivity index (χ3n) is 2.61. The average molecular weight is 288 g/mol. The lowest BCUT2D eigenvalue weighted by Gasteiger charge is -2.09. The Labute approximate surface area is 122 Å². The number of benzene rings is 1. The van der Waals surface area contributed by atoms with E-state index in [9.17, 15) is 4.79 Å². The van der Waals surface area contributed by atoms with Gasteiger partial charge in [0, 0.05) is 0 Å². The number of carbonyl (C=O) groups is 1. The Morgan fingerprint density at radius 1 is 1.38 bits per heavy atom. The highest BCUT2D eigenvalue weighted by atomic mass is 16.5. The first-order chi connectivity index (χ1) is 10.2. The van der Waals surface area contributed by atoms with Crippen molar-refractivity contribution in [3.63, 3.8) is 0 Å². The number of hydrogen-bond acceptors (Lipinski definition) is 5. The summed E-state index contributed by atoms with van der Waals surface area (Å²) in [5, 5.41) is 3.87. The van der Waals surface area contributed by atoms with Crippen LogP contribution in [0.1, 0.15) is 23.0 Å². The molecule has 2 aromatic rings. The van der Waals surface area contributed by atoms with Crippen LogP contribution in [0.3, 0.4) is 0 Å². The second-order valence-electron chi connectivity index (χ2n) is 4.02. The standard InChI is InChI=1S/C15H16N2O4/c1-3-20-12-7-6-11(9-14(12)19-2)10-16-17-15(18)13-5-4-8-21-13/h4-10H,3H2,1-2H3,(H,17,18)/b16-10-. The normalized spacial score (nSPS) is 10.6. The number of furan rings is 1. The van der Waals surface area contributed by atoms with E-state index in [0.29, 0.717) is 18.1 Å². The number of hydrogen-bond donors (Lipinski definition) is 1. The maximum absolute atomic E-state index is 11.6. The van der Waals surface area contributed by atoms with Crippen LogP contribution in [0, 0.1) is 0 Å². The maximum Gasteiger partial charge on any atom is 0.307 e. The molecule has 0 aliphatic carbocycles. The minimum Gasteiger partial charge on any atom is -0.493 e. The number of carbonyl (C=O) groups excluding carboxylic acids is 1. The SMILES string of the molecule is CCOc1ccc(/C=N\NC(=O)c2ccco2)cc1OC. The highest BCUT2D eigenvalue weighted by Crippen LogP contribution is 2.27. The lowest BCUT2D eigenvalue weighted by molar-refractivity contribution is 0.0927. The van der Waals surface area contributed by atoms with Gasteiger partial charge in [-0.15, -0.1) is 0 Å². The van der Waals surface area contributed by atoms with Gasteiger partial charge in [0.05, 0.1) is 26.2 Å². The van der Waals surface area contributed by atoms with E-state index in [0.717, 1.165) is 5.56 Å². The third kappa shape index (κ3) is 3.85. The molecule has 0 spiro atoms. The highest BCUT2D eigenvalue weighted by molar-refractivity contribution is 5.92. The molecule has 0 aliphatic rings. The second kappa shape index (κ2) is 7.14. The molecule has 0 fully saturated rings. The summed E-state index contributed by atoms with van der Waals surface area (Å²) >= 11 is 0. The molecule has 1 amide bonds. The number of ether oxygens (including phenoxy) is 2. The lowest BCUT2D eigenvalue weighted by atomic mass is 10.2. The van der Waals surface area contributed by atoms with Crippen LogP contribution in [0.25, 0.3) is 0 Å². The molecule has 1 aromatic carbocycles. The molecule has 1 heterocycles. The number of hydrazone groups is 1. The van der Waals surface area contributed by atoms with E-state index in [1.54, 1.807) is 31.4 Å². The van der Waals surface area contributed by atoms with Crippen LogP contribution >= 0.6 is 0 Å². The summed E-state index contributed by atoms with van der Waals surface area (Å²) in [5.41, 5.74) is 3.15. The molecular weight excluding hydrogens is 272 g/mol. The predicted octanol–water partition coefficient (Wildman–Crippen LogP) is 2.45. The molecule has 0 unspecified atom stereocenters. The van der Waals surface area contributed by atoms with Crippen molar-refractivity contribution in [1.82, 2.24) is 5.43 Å². The van der Waals surface area contributed by atoms with E-state index in [2.05, 4.69) is 10.5 Å². The van der Waals surface area contributed by atoms with Gasteiger partial charge < -0.3 is 13.9 Å². The molecule has 0 bridgehead atoms. The summed E-state index contributed by atoms with van der Waals surface area (Å²) in [6.07, 6.45) is 2.94. The quantitative estimate of drug-likeness (QED) is 0.654. The molecule has 21 heavy (non-hydrogen) atoms. The van der Waals surface area contributed by atoms with E-state index in [1.807, 2.05) is 13.0 Å². The van der Waals surface area contributed by atoms with Crippen molar-refractivity contribution in [2.75, 3.05) is 13.7 Å². The Morgan fingerprint density at radius 2 is 2.24 bits per heavy atom. The number of nitrogens with zero attached hydrogens (tertiary/aromatic N) is 1. The Bertz CT molecular complexity index is 621. The van der Waals surface area contributed by atoms with Crippen LogP contribution in [0.4, 0.5) is 0 Å². The monoisotopic (exact) mass is 288 g/mol. The molecule has 110 valence electrons. The summed E-state index contributed by atoms with van der Waals surface area (Å²) in [6, 6.07) is 8.57. The molecule has 1 aromatic heterocycles. The van der Waals surface area contributed by atoms with Gasteiger partial charge in [0.2, 0.25) is 0 Å². The molecule has 1 N–H and O–H groups in total. The zero-order chi connectivity index (χ0) is 15.1.